The minimum absolute atomic E-state index is 0.0476. The standard InChI is InChI=1S/C8H12N6O2S/c1-5-8(7(2-9)13-12-5)17(15,16)14-6-3-10-11-4-6/h3-4,14H,2,9H2,1H3,(H,10,11)(H,12,13). The van der Waals surface area contributed by atoms with Gasteiger partial charge in [-0.3, -0.25) is 14.9 Å². The van der Waals surface area contributed by atoms with Crippen LogP contribution in [-0.2, 0) is 16.6 Å². The summed E-state index contributed by atoms with van der Waals surface area (Å²) in [4.78, 5) is 0.0844. The molecule has 2 rings (SSSR count). The first-order valence-corrected chi connectivity index (χ1v) is 6.28. The monoisotopic (exact) mass is 256 g/mol. The van der Waals surface area contributed by atoms with Crippen molar-refractivity contribution < 1.29 is 8.42 Å². The van der Waals surface area contributed by atoms with E-state index in [9.17, 15) is 8.42 Å². The van der Waals surface area contributed by atoms with Crippen LogP contribution in [0.4, 0.5) is 5.69 Å². The molecule has 0 radical (unpaired) electrons. The van der Waals surface area contributed by atoms with E-state index in [0.29, 0.717) is 17.1 Å². The van der Waals surface area contributed by atoms with Crippen LogP contribution >= 0.6 is 0 Å². The van der Waals surface area contributed by atoms with Gasteiger partial charge in [-0.15, -0.1) is 0 Å². The summed E-state index contributed by atoms with van der Waals surface area (Å²) in [5.74, 6) is 0. The SMILES string of the molecule is Cc1[nH]nc(CN)c1S(=O)(=O)Nc1cn[nH]c1. The molecule has 0 spiro atoms. The van der Waals surface area contributed by atoms with E-state index >= 15 is 0 Å². The van der Waals surface area contributed by atoms with E-state index in [4.69, 9.17) is 5.73 Å². The minimum Gasteiger partial charge on any atom is -0.325 e. The average molecular weight is 256 g/mol. The smallest absolute Gasteiger partial charge is 0.265 e. The van der Waals surface area contributed by atoms with Crippen molar-refractivity contribution >= 4 is 15.7 Å². The summed E-state index contributed by atoms with van der Waals surface area (Å²) >= 11 is 0. The maximum absolute atomic E-state index is 12.1. The third-order valence-electron chi connectivity index (χ3n) is 2.17. The number of hydrogen-bond donors (Lipinski definition) is 4. The molecule has 0 unspecified atom stereocenters. The van der Waals surface area contributed by atoms with Gasteiger partial charge in [0.1, 0.15) is 4.90 Å². The van der Waals surface area contributed by atoms with Crippen LogP contribution in [0.15, 0.2) is 17.3 Å². The molecule has 8 nitrogen and oxygen atoms in total. The largest absolute Gasteiger partial charge is 0.325 e. The van der Waals surface area contributed by atoms with Gasteiger partial charge in [0, 0.05) is 12.7 Å². The van der Waals surface area contributed by atoms with Crippen LogP contribution in [0.1, 0.15) is 11.4 Å². The molecule has 0 aliphatic rings. The van der Waals surface area contributed by atoms with Crippen molar-refractivity contribution in [2.24, 2.45) is 5.73 Å². The number of nitrogens with zero attached hydrogens (tertiary/aromatic N) is 2. The molecule has 2 aromatic rings. The van der Waals surface area contributed by atoms with Crippen molar-refractivity contribution in [2.75, 3.05) is 4.72 Å². The minimum atomic E-state index is -3.70. The zero-order chi connectivity index (χ0) is 12.5. The highest BCUT2D eigenvalue weighted by molar-refractivity contribution is 7.92. The quantitative estimate of drug-likeness (QED) is 0.596. The first kappa shape index (κ1) is 11.6. The van der Waals surface area contributed by atoms with Gasteiger partial charge in [-0.2, -0.15) is 10.2 Å². The van der Waals surface area contributed by atoms with E-state index in [2.05, 4.69) is 25.1 Å². The highest BCUT2D eigenvalue weighted by Crippen LogP contribution is 2.20. The van der Waals surface area contributed by atoms with Gasteiger partial charge >= 0.3 is 0 Å². The highest BCUT2D eigenvalue weighted by Gasteiger charge is 2.23. The van der Waals surface area contributed by atoms with Crippen LogP contribution in [0, 0.1) is 6.92 Å². The number of hydrogen-bond acceptors (Lipinski definition) is 5. The zero-order valence-electron chi connectivity index (χ0n) is 9.06. The number of aromatic amines is 2. The van der Waals surface area contributed by atoms with Crippen molar-refractivity contribution in [3.63, 3.8) is 0 Å². The Labute approximate surface area is 97.7 Å². The molecular formula is C8H12N6O2S. The molecule has 0 aliphatic carbocycles. The molecule has 0 saturated carbocycles. The van der Waals surface area contributed by atoms with Crippen LogP contribution in [0.5, 0.6) is 0 Å². The summed E-state index contributed by atoms with van der Waals surface area (Å²) in [6.07, 6.45) is 2.81. The highest BCUT2D eigenvalue weighted by atomic mass is 32.2. The number of sulfonamides is 1. The molecule has 0 atom stereocenters. The number of rotatable bonds is 4. The van der Waals surface area contributed by atoms with Crippen molar-refractivity contribution in [1.29, 1.82) is 0 Å². The normalized spacial score (nSPS) is 11.6. The van der Waals surface area contributed by atoms with Gasteiger partial charge < -0.3 is 5.73 Å². The van der Waals surface area contributed by atoms with E-state index in [1.807, 2.05) is 0 Å². The molecule has 17 heavy (non-hydrogen) atoms. The summed E-state index contributed by atoms with van der Waals surface area (Å²) in [7, 11) is -3.70. The molecule has 2 aromatic heterocycles. The molecule has 0 saturated heterocycles. The predicted octanol–water partition coefficient (Wildman–Crippen LogP) is -0.299. The number of aromatic nitrogens is 4. The summed E-state index contributed by atoms with van der Waals surface area (Å²) in [6, 6.07) is 0. The summed E-state index contributed by atoms with van der Waals surface area (Å²) in [5, 5.41) is 12.6. The van der Waals surface area contributed by atoms with E-state index < -0.39 is 10.0 Å². The van der Waals surface area contributed by atoms with Crippen LogP contribution in [0.3, 0.4) is 0 Å². The molecule has 0 aliphatic heterocycles. The van der Waals surface area contributed by atoms with Crippen molar-refractivity contribution in [2.45, 2.75) is 18.4 Å². The zero-order valence-corrected chi connectivity index (χ0v) is 9.87. The molecule has 0 aromatic carbocycles. The lowest BCUT2D eigenvalue weighted by molar-refractivity contribution is 0.599. The Morgan fingerprint density at radius 2 is 2.29 bits per heavy atom. The van der Waals surface area contributed by atoms with E-state index in [-0.39, 0.29) is 11.4 Å². The second-order valence-electron chi connectivity index (χ2n) is 3.42. The molecule has 9 heteroatoms. The number of nitrogens with two attached hydrogens (primary N) is 1. The fourth-order valence-electron chi connectivity index (χ4n) is 1.48. The Kier molecular flexibility index (Phi) is 2.86. The van der Waals surface area contributed by atoms with Crippen LogP contribution < -0.4 is 10.5 Å². The van der Waals surface area contributed by atoms with Crippen LogP contribution in [0.25, 0.3) is 0 Å². The van der Waals surface area contributed by atoms with E-state index in [1.54, 1.807) is 6.92 Å². The topological polar surface area (TPSA) is 130 Å². The molecule has 92 valence electrons. The van der Waals surface area contributed by atoms with Crippen LogP contribution in [0.2, 0.25) is 0 Å². The van der Waals surface area contributed by atoms with E-state index in [0.717, 1.165) is 0 Å². The fourth-order valence-corrected chi connectivity index (χ4v) is 2.89. The van der Waals surface area contributed by atoms with Gasteiger partial charge in [-0.05, 0) is 6.92 Å². The molecule has 0 fully saturated rings. The summed E-state index contributed by atoms with van der Waals surface area (Å²) < 4.78 is 26.6. The van der Waals surface area contributed by atoms with E-state index in [1.165, 1.54) is 12.4 Å². The Hall–Kier alpha value is -1.87. The van der Waals surface area contributed by atoms with Gasteiger partial charge in [0.05, 0.1) is 23.3 Å². The Morgan fingerprint density at radius 3 is 2.88 bits per heavy atom. The molecule has 0 amide bonds. The number of aryl methyl sites for hydroxylation is 1. The van der Waals surface area contributed by atoms with Gasteiger partial charge in [0.25, 0.3) is 10.0 Å². The van der Waals surface area contributed by atoms with Crippen LogP contribution in [-0.4, -0.2) is 28.8 Å². The van der Waals surface area contributed by atoms with Gasteiger partial charge in [-0.25, -0.2) is 8.42 Å². The van der Waals surface area contributed by atoms with Crippen molar-refractivity contribution in [1.82, 2.24) is 20.4 Å². The first-order chi connectivity index (χ1) is 8.04. The van der Waals surface area contributed by atoms with Gasteiger partial charge in [0.15, 0.2) is 0 Å². The van der Waals surface area contributed by atoms with Crippen molar-refractivity contribution in [3.8, 4) is 0 Å². The Bertz CT molecular complexity index is 600. The first-order valence-electron chi connectivity index (χ1n) is 4.80. The molecule has 2 heterocycles. The maximum atomic E-state index is 12.1. The maximum Gasteiger partial charge on any atom is 0.265 e. The lowest BCUT2D eigenvalue weighted by atomic mass is 10.4. The number of H-pyrrole nitrogens is 2. The Balaban J connectivity index is 2.41. The third-order valence-corrected chi connectivity index (χ3v) is 3.76. The fraction of sp³-hybridized carbons (Fsp3) is 0.250. The number of nitrogens with one attached hydrogen (secondary N) is 3. The lowest BCUT2D eigenvalue weighted by Gasteiger charge is -2.06. The van der Waals surface area contributed by atoms with Crippen molar-refractivity contribution in [3.05, 3.63) is 23.8 Å². The second-order valence-corrected chi connectivity index (χ2v) is 5.04. The lowest BCUT2D eigenvalue weighted by Crippen LogP contribution is -2.16. The summed E-state index contributed by atoms with van der Waals surface area (Å²) in [6.45, 7) is 1.67. The third kappa shape index (κ3) is 2.15. The average Bonchev–Trinajstić information content (AvgIpc) is 2.86. The Morgan fingerprint density at radius 1 is 1.53 bits per heavy atom. The molecular weight excluding hydrogens is 244 g/mol. The second kappa shape index (κ2) is 4.18. The number of anilines is 1. The van der Waals surface area contributed by atoms with Gasteiger partial charge in [-0.1, -0.05) is 0 Å². The summed E-state index contributed by atoms with van der Waals surface area (Å²) in [5.41, 5.74) is 6.55. The van der Waals surface area contributed by atoms with Gasteiger partial charge in [0.2, 0.25) is 0 Å². The molecule has 5 N–H and O–H groups in total. The molecule has 0 bridgehead atoms. The predicted molar refractivity (Wildman–Crippen MR) is 60.6 cm³/mol.